The lowest BCUT2D eigenvalue weighted by Gasteiger charge is -2.26. The van der Waals surface area contributed by atoms with Crippen molar-refractivity contribution in [3.05, 3.63) is 0 Å². The second-order valence-electron chi connectivity index (χ2n) is 4.05. The van der Waals surface area contributed by atoms with Crippen LogP contribution in [0.4, 0.5) is 0 Å². The molecule has 0 aromatic rings. The first kappa shape index (κ1) is 15.4. The lowest BCUT2D eigenvalue weighted by atomic mass is 10.3. The van der Waals surface area contributed by atoms with E-state index in [1.54, 1.807) is 0 Å². The zero-order chi connectivity index (χ0) is 13.2. The molecule has 7 nitrogen and oxygen atoms in total. The van der Waals surface area contributed by atoms with Crippen molar-refractivity contribution in [2.45, 2.75) is 6.42 Å². The fraction of sp³-hybridized carbons (Fsp3) is 0.800. The number of hydrogen-bond donors (Lipinski definition) is 3. The van der Waals surface area contributed by atoms with Crippen LogP contribution in [0.25, 0.3) is 0 Å². The molecule has 1 heterocycles. The van der Waals surface area contributed by atoms with Gasteiger partial charge in [0, 0.05) is 19.6 Å². The number of ether oxygens (including phenoxy) is 1. The number of hydrazine groups is 1. The van der Waals surface area contributed by atoms with Crippen LogP contribution >= 0.6 is 0 Å². The SMILES string of the molecule is O=C(NCCCN1CCOCC1)C(=O)NN[CH2][AlH2]. The smallest absolute Gasteiger partial charge is 0.323 e. The largest absolute Gasteiger partial charge is 0.379 e. The zero-order valence-electron chi connectivity index (χ0n) is 10.8. The molecule has 102 valence electrons. The lowest BCUT2D eigenvalue weighted by Crippen LogP contribution is -2.47. The number of carbonyl (C=O) groups excluding carboxylic acids is 2. The molecule has 0 atom stereocenters. The summed E-state index contributed by atoms with van der Waals surface area (Å²) in [6, 6.07) is 0. The van der Waals surface area contributed by atoms with Gasteiger partial charge in [0.05, 0.1) is 13.2 Å². The molecule has 0 aliphatic carbocycles. The number of rotatable bonds is 6. The van der Waals surface area contributed by atoms with Crippen molar-refractivity contribution in [2.24, 2.45) is 0 Å². The van der Waals surface area contributed by atoms with Gasteiger partial charge >= 0.3 is 11.8 Å². The summed E-state index contributed by atoms with van der Waals surface area (Å²) in [5, 5.41) is 3.31. The van der Waals surface area contributed by atoms with Gasteiger partial charge in [-0.3, -0.25) is 19.9 Å². The van der Waals surface area contributed by atoms with E-state index in [4.69, 9.17) is 4.74 Å². The van der Waals surface area contributed by atoms with Crippen molar-refractivity contribution >= 4 is 28.1 Å². The van der Waals surface area contributed by atoms with E-state index >= 15 is 0 Å². The van der Waals surface area contributed by atoms with Crippen LogP contribution in [0.3, 0.4) is 0 Å². The van der Waals surface area contributed by atoms with Crippen LogP contribution in [0.1, 0.15) is 6.42 Å². The first-order chi connectivity index (χ1) is 8.74. The maximum atomic E-state index is 11.3. The van der Waals surface area contributed by atoms with Crippen molar-refractivity contribution in [1.29, 1.82) is 0 Å². The Morgan fingerprint density at radius 1 is 1.22 bits per heavy atom. The Kier molecular flexibility index (Phi) is 7.97. The van der Waals surface area contributed by atoms with Crippen LogP contribution in [0, 0.1) is 0 Å². The molecule has 1 aliphatic heterocycles. The minimum Gasteiger partial charge on any atom is -0.379 e. The highest BCUT2D eigenvalue weighted by molar-refractivity contribution is 6.35. The fourth-order valence-corrected chi connectivity index (χ4v) is 1.81. The van der Waals surface area contributed by atoms with E-state index in [1.165, 1.54) is 0 Å². The van der Waals surface area contributed by atoms with Crippen molar-refractivity contribution in [1.82, 2.24) is 21.1 Å². The normalized spacial score (nSPS) is 16.2. The van der Waals surface area contributed by atoms with E-state index in [2.05, 4.69) is 21.1 Å². The Bertz CT molecular complexity index is 272. The van der Waals surface area contributed by atoms with Crippen LogP contribution in [-0.2, 0) is 14.3 Å². The minimum atomic E-state index is -0.628. The average Bonchev–Trinajstić information content (AvgIpc) is 2.41. The molecule has 1 saturated heterocycles. The monoisotopic (exact) mass is 272 g/mol. The van der Waals surface area contributed by atoms with Crippen LogP contribution in [0.5, 0.6) is 0 Å². The Morgan fingerprint density at radius 3 is 2.61 bits per heavy atom. The predicted molar refractivity (Wildman–Crippen MR) is 69.6 cm³/mol. The Morgan fingerprint density at radius 2 is 1.94 bits per heavy atom. The molecule has 0 aromatic carbocycles. The minimum absolute atomic E-state index is 0.518. The molecule has 2 amide bonds. The molecule has 0 radical (unpaired) electrons. The summed E-state index contributed by atoms with van der Waals surface area (Å²) >= 11 is 0.924. The third kappa shape index (κ3) is 6.33. The standard InChI is InChI=1S/C10H19N4O3.Al.2H/c1-11-13-10(16)9(15)12-3-2-4-14-5-7-17-8-6-14;;;/h11H,1-8H2,(H,12,15)(H,13,16);;;. The summed E-state index contributed by atoms with van der Waals surface area (Å²) in [4.78, 5) is 24.8. The summed E-state index contributed by atoms with van der Waals surface area (Å²) in [5.74, 6) is -1.21. The number of hydrogen-bond acceptors (Lipinski definition) is 5. The van der Waals surface area contributed by atoms with E-state index < -0.39 is 11.8 Å². The molecule has 0 bridgehead atoms. The molecule has 18 heavy (non-hydrogen) atoms. The van der Waals surface area contributed by atoms with Crippen LogP contribution < -0.4 is 16.2 Å². The maximum Gasteiger partial charge on any atom is 0.323 e. The topological polar surface area (TPSA) is 82.7 Å². The van der Waals surface area contributed by atoms with Crippen molar-refractivity contribution < 1.29 is 14.3 Å². The van der Waals surface area contributed by atoms with Gasteiger partial charge in [-0.25, -0.2) is 5.43 Å². The van der Waals surface area contributed by atoms with Gasteiger partial charge in [-0.2, -0.15) is 0 Å². The third-order valence-corrected chi connectivity index (χ3v) is 2.98. The van der Waals surface area contributed by atoms with Crippen molar-refractivity contribution in [3.63, 3.8) is 0 Å². The zero-order valence-corrected chi connectivity index (χ0v) is 12.8. The molecule has 3 N–H and O–H groups in total. The van der Waals surface area contributed by atoms with E-state index in [0.29, 0.717) is 6.54 Å². The van der Waals surface area contributed by atoms with Crippen molar-refractivity contribution in [3.8, 4) is 0 Å². The Balaban J connectivity index is 2.02. The molecule has 0 unspecified atom stereocenters. The van der Waals surface area contributed by atoms with Crippen LogP contribution in [0.2, 0.25) is 0 Å². The Hall–Kier alpha value is -0.648. The molecule has 1 rings (SSSR count). The number of nitrogens with zero attached hydrogens (tertiary/aromatic N) is 1. The lowest BCUT2D eigenvalue weighted by molar-refractivity contribution is -0.139. The van der Waals surface area contributed by atoms with Gasteiger partial charge in [-0.15, -0.1) is 0 Å². The molecule has 0 spiro atoms. The predicted octanol–water partition coefficient (Wildman–Crippen LogP) is -2.96. The Labute approximate surface area is 115 Å². The highest BCUT2D eigenvalue weighted by Crippen LogP contribution is 1.97. The molecule has 0 saturated carbocycles. The van der Waals surface area contributed by atoms with E-state index in [0.717, 1.165) is 61.0 Å². The first-order valence-corrected chi connectivity index (χ1v) is 7.76. The molecular weight excluding hydrogens is 251 g/mol. The summed E-state index contributed by atoms with van der Waals surface area (Å²) in [6.07, 6.45) is 0.840. The summed E-state index contributed by atoms with van der Waals surface area (Å²) in [6.45, 7) is 4.88. The van der Waals surface area contributed by atoms with E-state index in [1.807, 2.05) is 0 Å². The quantitative estimate of drug-likeness (QED) is 0.208. The van der Waals surface area contributed by atoms with Crippen LogP contribution in [-0.4, -0.2) is 77.8 Å². The second kappa shape index (κ2) is 9.30. The van der Waals surface area contributed by atoms with Gasteiger partial charge in [-0.05, 0) is 18.4 Å². The fourth-order valence-electron chi connectivity index (χ4n) is 1.64. The molecule has 8 heteroatoms. The maximum absolute atomic E-state index is 11.3. The van der Waals surface area contributed by atoms with E-state index in [-0.39, 0.29) is 0 Å². The number of carbonyl (C=O) groups is 2. The van der Waals surface area contributed by atoms with Gasteiger partial charge in [0.25, 0.3) is 0 Å². The highest BCUT2D eigenvalue weighted by atomic mass is 27.0. The second-order valence-corrected chi connectivity index (χ2v) is 4.76. The first-order valence-electron chi connectivity index (χ1n) is 6.35. The van der Waals surface area contributed by atoms with Crippen molar-refractivity contribution in [2.75, 3.05) is 44.8 Å². The van der Waals surface area contributed by atoms with Gasteiger partial charge in [-0.1, -0.05) is 0 Å². The third-order valence-electron chi connectivity index (χ3n) is 2.63. The van der Waals surface area contributed by atoms with E-state index in [9.17, 15) is 9.59 Å². The molecule has 1 fully saturated rings. The summed E-state index contributed by atoms with van der Waals surface area (Å²) in [5.41, 5.74) is 4.98. The number of nitrogens with one attached hydrogen (secondary N) is 3. The molecule has 1 aliphatic rings. The number of amides is 2. The number of morpholine rings is 1. The molecule has 0 aromatic heterocycles. The van der Waals surface area contributed by atoms with Gasteiger partial charge in [0.15, 0.2) is 0 Å². The summed E-state index contributed by atoms with van der Waals surface area (Å²) < 4.78 is 5.24. The highest BCUT2D eigenvalue weighted by Gasteiger charge is 2.12. The average molecular weight is 272 g/mol. The van der Waals surface area contributed by atoms with Gasteiger partial charge in [0.1, 0.15) is 0 Å². The summed E-state index contributed by atoms with van der Waals surface area (Å²) in [7, 11) is 0. The molecular formula is C10H21AlN4O3. The van der Waals surface area contributed by atoms with Gasteiger partial charge in [0.2, 0.25) is 16.3 Å². The van der Waals surface area contributed by atoms with Crippen LogP contribution in [0.15, 0.2) is 0 Å². The van der Waals surface area contributed by atoms with Gasteiger partial charge < -0.3 is 10.1 Å².